The van der Waals surface area contributed by atoms with Crippen LogP contribution in [0.4, 0.5) is 5.95 Å². The van der Waals surface area contributed by atoms with Crippen LogP contribution in [0.2, 0.25) is 0 Å². The Morgan fingerprint density at radius 2 is 2.14 bits per heavy atom. The molecule has 7 nitrogen and oxygen atoms in total. The third-order valence-electron chi connectivity index (χ3n) is 2.32. The minimum atomic E-state index is -3.80. The van der Waals surface area contributed by atoms with Crippen LogP contribution in [0.5, 0.6) is 0 Å². The van der Waals surface area contributed by atoms with E-state index in [9.17, 15) is 8.42 Å². The van der Waals surface area contributed by atoms with Crippen molar-refractivity contribution in [3.8, 4) is 11.8 Å². The Balaban J connectivity index is 2.25. The van der Waals surface area contributed by atoms with E-state index in [2.05, 4.69) is 31.7 Å². The first kappa shape index (κ1) is 14.9. The molecule has 21 heavy (non-hydrogen) atoms. The molecule has 2 aromatic rings. The van der Waals surface area contributed by atoms with E-state index in [4.69, 9.17) is 5.11 Å². The van der Waals surface area contributed by atoms with Gasteiger partial charge < -0.3 is 5.11 Å². The summed E-state index contributed by atoms with van der Waals surface area (Å²) in [5, 5.41) is 15.8. The lowest BCUT2D eigenvalue weighted by molar-refractivity contribution is 0.305. The van der Waals surface area contributed by atoms with Gasteiger partial charge in [0, 0.05) is 12.0 Å². The first-order valence-corrected chi connectivity index (χ1v) is 7.46. The van der Waals surface area contributed by atoms with Crippen molar-refractivity contribution in [1.29, 1.82) is 0 Å². The summed E-state index contributed by atoms with van der Waals surface area (Å²) in [4.78, 5) is 3.80. The van der Waals surface area contributed by atoms with Crippen molar-refractivity contribution in [2.75, 3.05) is 11.3 Å². The van der Waals surface area contributed by atoms with E-state index < -0.39 is 10.0 Å². The summed E-state index contributed by atoms with van der Waals surface area (Å²) in [7, 11) is -3.80. The summed E-state index contributed by atoms with van der Waals surface area (Å²) in [6, 6.07) is 6.14. The number of hydrogen-bond acceptors (Lipinski definition) is 6. The highest BCUT2D eigenvalue weighted by Gasteiger charge is 2.15. The number of anilines is 1. The van der Waals surface area contributed by atoms with Crippen LogP contribution in [0.1, 0.15) is 12.0 Å². The third kappa shape index (κ3) is 4.24. The van der Waals surface area contributed by atoms with Crippen LogP contribution in [0.3, 0.4) is 0 Å². The quantitative estimate of drug-likeness (QED) is 0.792. The van der Waals surface area contributed by atoms with Gasteiger partial charge in [-0.2, -0.15) is 5.10 Å². The van der Waals surface area contributed by atoms with Crippen molar-refractivity contribution in [3.05, 3.63) is 42.2 Å². The summed E-state index contributed by atoms with van der Waals surface area (Å²) in [5.41, 5.74) is 0.540. The number of benzene rings is 1. The summed E-state index contributed by atoms with van der Waals surface area (Å²) in [6.07, 6.45) is 3.01. The van der Waals surface area contributed by atoms with E-state index in [0.29, 0.717) is 12.0 Å². The lowest BCUT2D eigenvalue weighted by Crippen LogP contribution is -2.15. The monoisotopic (exact) mass is 304 g/mol. The second-order valence-corrected chi connectivity index (χ2v) is 5.56. The van der Waals surface area contributed by atoms with E-state index in [0.717, 1.165) is 0 Å². The highest BCUT2D eigenvalue weighted by Crippen LogP contribution is 2.13. The second kappa shape index (κ2) is 6.78. The molecule has 0 aliphatic heterocycles. The summed E-state index contributed by atoms with van der Waals surface area (Å²) < 4.78 is 26.6. The van der Waals surface area contributed by atoms with Gasteiger partial charge in [0.1, 0.15) is 0 Å². The number of aromatic nitrogens is 3. The van der Waals surface area contributed by atoms with Gasteiger partial charge in [-0.1, -0.05) is 17.9 Å². The molecule has 2 N–H and O–H groups in total. The smallest absolute Gasteiger partial charge is 0.264 e. The van der Waals surface area contributed by atoms with Gasteiger partial charge in [0.2, 0.25) is 0 Å². The van der Waals surface area contributed by atoms with Crippen molar-refractivity contribution >= 4 is 16.0 Å². The van der Waals surface area contributed by atoms with Crippen LogP contribution in [0, 0.1) is 11.8 Å². The van der Waals surface area contributed by atoms with Crippen molar-refractivity contribution in [1.82, 2.24) is 15.2 Å². The van der Waals surface area contributed by atoms with Gasteiger partial charge in [0.25, 0.3) is 16.0 Å². The molecule has 0 saturated carbocycles. The van der Waals surface area contributed by atoms with Gasteiger partial charge >= 0.3 is 0 Å². The van der Waals surface area contributed by atoms with Crippen LogP contribution >= 0.6 is 0 Å². The maximum absolute atomic E-state index is 12.2. The molecule has 0 aliphatic carbocycles. The average Bonchev–Trinajstić information content (AvgIpc) is 2.48. The molecule has 0 amide bonds. The van der Waals surface area contributed by atoms with Gasteiger partial charge in [0.15, 0.2) is 0 Å². The highest BCUT2D eigenvalue weighted by atomic mass is 32.2. The van der Waals surface area contributed by atoms with Gasteiger partial charge in [-0.05, 0) is 18.2 Å². The Bertz CT molecular complexity index is 767. The fourth-order valence-corrected chi connectivity index (χ4v) is 2.43. The fraction of sp³-hybridized carbons (Fsp3) is 0.154. The standard InChI is InChI=1S/C13H12N4O3S/c18-9-2-1-4-11-5-3-6-12(10-11)21(19,20)17-13-14-7-8-15-16-13/h3,5-8,10,18H,2,9H2,(H,14,16,17). The normalized spacial score (nSPS) is 10.5. The zero-order valence-electron chi connectivity index (χ0n) is 10.9. The number of hydrogen-bond donors (Lipinski definition) is 2. The first-order chi connectivity index (χ1) is 10.1. The maximum atomic E-state index is 12.2. The molecule has 0 unspecified atom stereocenters. The predicted molar refractivity (Wildman–Crippen MR) is 75.7 cm³/mol. The molecular weight excluding hydrogens is 292 g/mol. The molecule has 8 heteroatoms. The highest BCUT2D eigenvalue weighted by molar-refractivity contribution is 7.92. The Kier molecular flexibility index (Phi) is 4.81. The molecule has 0 atom stereocenters. The number of aliphatic hydroxyl groups is 1. The molecule has 0 radical (unpaired) electrons. The zero-order valence-corrected chi connectivity index (χ0v) is 11.7. The SMILES string of the molecule is O=S(=O)(Nc1nccnn1)c1cccc(C#CCCO)c1. The number of nitrogens with zero attached hydrogens (tertiary/aromatic N) is 3. The maximum Gasteiger partial charge on any atom is 0.264 e. The number of sulfonamides is 1. The molecule has 108 valence electrons. The van der Waals surface area contributed by atoms with Gasteiger partial charge in [-0.25, -0.2) is 18.1 Å². The number of nitrogens with one attached hydrogen (secondary N) is 1. The lowest BCUT2D eigenvalue weighted by Gasteiger charge is -2.05. The Morgan fingerprint density at radius 1 is 1.29 bits per heavy atom. The van der Waals surface area contributed by atoms with E-state index in [1.54, 1.807) is 12.1 Å². The number of rotatable bonds is 4. The second-order valence-electron chi connectivity index (χ2n) is 3.88. The summed E-state index contributed by atoms with van der Waals surface area (Å²) >= 11 is 0. The van der Waals surface area contributed by atoms with Gasteiger partial charge in [0.05, 0.1) is 23.9 Å². The molecule has 0 bridgehead atoms. The minimum absolute atomic E-state index is 0.0368. The van der Waals surface area contributed by atoms with E-state index in [1.165, 1.54) is 24.5 Å². The molecule has 1 heterocycles. The van der Waals surface area contributed by atoms with Crippen LogP contribution in [0.15, 0.2) is 41.6 Å². The molecule has 0 aliphatic rings. The molecule has 2 rings (SSSR count). The Hall–Kier alpha value is -2.50. The summed E-state index contributed by atoms with van der Waals surface area (Å²) in [5.74, 6) is 5.40. The molecule has 0 saturated heterocycles. The third-order valence-corrected chi connectivity index (χ3v) is 3.65. The van der Waals surface area contributed by atoms with Gasteiger partial charge in [-0.3, -0.25) is 0 Å². The number of aliphatic hydroxyl groups excluding tert-OH is 1. The van der Waals surface area contributed by atoms with Crippen LogP contribution < -0.4 is 4.72 Å². The lowest BCUT2D eigenvalue weighted by atomic mass is 10.2. The fourth-order valence-electron chi connectivity index (χ4n) is 1.43. The summed E-state index contributed by atoms with van der Waals surface area (Å²) in [6.45, 7) is -0.0368. The van der Waals surface area contributed by atoms with Crippen molar-refractivity contribution in [3.63, 3.8) is 0 Å². The van der Waals surface area contributed by atoms with Crippen molar-refractivity contribution < 1.29 is 13.5 Å². The van der Waals surface area contributed by atoms with Crippen LogP contribution in [0.25, 0.3) is 0 Å². The largest absolute Gasteiger partial charge is 0.395 e. The van der Waals surface area contributed by atoms with E-state index in [-0.39, 0.29) is 17.5 Å². The minimum Gasteiger partial charge on any atom is -0.395 e. The average molecular weight is 304 g/mol. The molecule has 0 spiro atoms. The topological polar surface area (TPSA) is 105 Å². The van der Waals surface area contributed by atoms with E-state index >= 15 is 0 Å². The van der Waals surface area contributed by atoms with Crippen LogP contribution in [-0.4, -0.2) is 35.3 Å². The van der Waals surface area contributed by atoms with Crippen molar-refractivity contribution in [2.45, 2.75) is 11.3 Å². The first-order valence-electron chi connectivity index (χ1n) is 5.98. The molecule has 1 aromatic heterocycles. The van der Waals surface area contributed by atoms with E-state index in [1.807, 2.05) is 0 Å². The molecular formula is C13H12N4O3S. The van der Waals surface area contributed by atoms with Crippen molar-refractivity contribution in [2.24, 2.45) is 0 Å². The van der Waals surface area contributed by atoms with Crippen LogP contribution in [-0.2, 0) is 10.0 Å². The van der Waals surface area contributed by atoms with Gasteiger partial charge in [-0.15, -0.1) is 5.10 Å². The Morgan fingerprint density at radius 3 is 2.86 bits per heavy atom. The predicted octanol–water partition coefficient (Wildman–Crippen LogP) is 0.406. The molecule has 0 fully saturated rings. The Labute approximate surface area is 122 Å². The zero-order chi connectivity index (χ0) is 15.1. The molecule has 1 aromatic carbocycles.